The lowest BCUT2D eigenvalue weighted by atomic mass is 9.56. The van der Waals surface area contributed by atoms with Crippen molar-refractivity contribution in [2.24, 2.45) is 22.4 Å². The molecule has 0 bridgehead atoms. The van der Waals surface area contributed by atoms with Crippen molar-refractivity contribution in [3.8, 4) is 5.75 Å². The number of unbranched alkanes of at least 4 members (excludes halogenated alkanes) is 4. The lowest BCUT2D eigenvalue weighted by Crippen LogP contribution is -2.39. The monoisotopic (exact) mass is 508 g/mol. The molecule has 0 aromatic heterocycles. The van der Waals surface area contributed by atoms with Gasteiger partial charge in [-0.3, -0.25) is 0 Å². The highest BCUT2D eigenvalue weighted by atomic mass is 32.2. The van der Waals surface area contributed by atoms with Gasteiger partial charge in [-0.05, 0) is 97.8 Å². The predicted molar refractivity (Wildman–Crippen MR) is 149 cm³/mol. The first kappa shape index (κ1) is 28.2. The number of rotatable bonds is 11. The Morgan fingerprint density at radius 2 is 1.79 bits per heavy atom. The predicted octanol–water partition coefficient (Wildman–Crippen LogP) is 8.62. The van der Waals surface area contributed by atoms with Crippen LogP contribution >= 0.6 is 24.5 Å². The van der Waals surface area contributed by atoms with Crippen molar-refractivity contribution in [3.63, 3.8) is 0 Å². The number of aryl methyl sites for hydroxylation is 1. The van der Waals surface area contributed by atoms with E-state index in [9.17, 15) is 0 Å². The molecule has 2 saturated carbocycles. The molecule has 4 rings (SSSR count). The summed E-state index contributed by atoms with van der Waals surface area (Å²) < 4.78 is 16.4. The van der Waals surface area contributed by atoms with E-state index in [1.165, 1.54) is 89.0 Å². The summed E-state index contributed by atoms with van der Waals surface area (Å²) in [4.78, 5) is 0. The SMILES string of the molecule is CC12CCCC1C1CCc3cc(OSN)ccc3C1CC2.CCCCCN(CCCCC)SO. The van der Waals surface area contributed by atoms with E-state index in [2.05, 4.69) is 43.3 Å². The Balaban J connectivity index is 0.000000218. The minimum absolute atomic E-state index is 0.651. The first-order chi connectivity index (χ1) is 16.6. The molecule has 4 nitrogen and oxygen atoms in total. The van der Waals surface area contributed by atoms with Crippen molar-refractivity contribution >= 4 is 24.5 Å². The van der Waals surface area contributed by atoms with Gasteiger partial charge in [0.2, 0.25) is 0 Å². The van der Waals surface area contributed by atoms with Gasteiger partial charge >= 0.3 is 0 Å². The Kier molecular flexibility index (Phi) is 11.9. The van der Waals surface area contributed by atoms with Gasteiger partial charge in [0.1, 0.15) is 18.0 Å². The van der Waals surface area contributed by atoms with Crippen molar-refractivity contribution < 1.29 is 8.74 Å². The van der Waals surface area contributed by atoms with Crippen LogP contribution in [0.15, 0.2) is 18.2 Å². The topological polar surface area (TPSA) is 58.7 Å². The molecule has 0 spiro atoms. The van der Waals surface area contributed by atoms with Gasteiger partial charge in [0.25, 0.3) is 0 Å². The Bertz CT molecular complexity index is 724. The summed E-state index contributed by atoms with van der Waals surface area (Å²) in [5, 5.41) is 5.41. The number of nitrogens with two attached hydrogens (primary N) is 1. The number of hydrogen-bond acceptors (Lipinski definition) is 6. The number of hydrogen-bond donors (Lipinski definition) is 2. The molecule has 4 atom stereocenters. The summed E-state index contributed by atoms with van der Waals surface area (Å²) in [6, 6.07) is 6.63. The van der Waals surface area contributed by atoms with Crippen LogP contribution in [0.3, 0.4) is 0 Å². The molecule has 0 heterocycles. The van der Waals surface area contributed by atoms with Crippen LogP contribution in [-0.4, -0.2) is 21.9 Å². The molecule has 3 N–H and O–H groups in total. The van der Waals surface area contributed by atoms with Crippen molar-refractivity contribution in [2.45, 2.75) is 110 Å². The third kappa shape index (κ3) is 7.32. The highest BCUT2D eigenvalue weighted by molar-refractivity contribution is 7.92. The van der Waals surface area contributed by atoms with Crippen LogP contribution in [0.1, 0.15) is 115 Å². The minimum atomic E-state index is 0.651. The molecule has 194 valence electrons. The largest absolute Gasteiger partial charge is 0.410 e. The Morgan fingerprint density at radius 1 is 1.06 bits per heavy atom. The van der Waals surface area contributed by atoms with E-state index in [0.717, 1.165) is 61.1 Å². The molecule has 0 aliphatic heterocycles. The van der Waals surface area contributed by atoms with Gasteiger partial charge in [-0.2, -0.15) is 0 Å². The second kappa shape index (κ2) is 14.4. The van der Waals surface area contributed by atoms with Gasteiger partial charge in [-0.15, -0.1) is 0 Å². The molecule has 6 heteroatoms. The van der Waals surface area contributed by atoms with Crippen LogP contribution in [0, 0.1) is 17.3 Å². The number of benzene rings is 1. The molecular weight excluding hydrogens is 460 g/mol. The van der Waals surface area contributed by atoms with Gasteiger partial charge in [-0.1, -0.05) is 58.9 Å². The fraction of sp³-hybridized carbons (Fsp3) is 0.786. The van der Waals surface area contributed by atoms with Crippen LogP contribution in [0.25, 0.3) is 0 Å². The van der Waals surface area contributed by atoms with Gasteiger partial charge in [-0.25, -0.2) is 9.44 Å². The van der Waals surface area contributed by atoms with Gasteiger partial charge in [0.05, 0.1) is 12.2 Å². The number of fused-ring (bicyclic) bond motifs is 5. The van der Waals surface area contributed by atoms with Crippen LogP contribution in [0.2, 0.25) is 0 Å². The average Bonchev–Trinajstić information content (AvgIpc) is 3.25. The Hall–Kier alpha value is -0.400. The molecule has 1 aromatic rings. The van der Waals surface area contributed by atoms with E-state index < -0.39 is 0 Å². The van der Waals surface area contributed by atoms with Crippen molar-refractivity contribution in [2.75, 3.05) is 13.1 Å². The lowest BCUT2D eigenvalue weighted by Gasteiger charge is -2.49. The first-order valence-electron chi connectivity index (χ1n) is 13.8. The second-order valence-electron chi connectivity index (χ2n) is 11.0. The fourth-order valence-corrected chi connectivity index (χ4v) is 7.57. The van der Waals surface area contributed by atoms with Crippen LogP contribution in [-0.2, 0) is 6.42 Å². The fourth-order valence-electron chi connectivity index (χ4n) is 6.93. The molecule has 0 radical (unpaired) electrons. The van der Waals surface area contributed by atoms with E-state index in [-0.39, 0.29) is 0 Å². The van der Waals surface area contributed by atoms with Crippen LogP contribution in [0.4, 0.5) is 0 Å². The van der Waals surface area contributed by atoms with E-state index in [0.29, 0.717) is 5.41 Å². The summed E-state index contributed by atoms with van der Waals surface area (Å²) in [5.74, 6) is 3.60. The first-order valence-corrected chi connectivity index (χ1v) is 15.3. The van der Waals surface area contributed by atoms with E-state index in [4.69, 9.17) is 13.9 Å². The Morgan fingerprint density at radius 3 is 2.44 bits per heavy atom. The third-order valence-corrected chi connectivity index (χ3v) is 9.65. The van der Waals surface area contributed by atoms with Gasteiger partial charge in [0, 0.05) is 13.1 Å². The van der Waals surface area contributed by atoms with E-state index in [1.54, 1.807) is 5.56 Å². The number of nitrogens with zero attached hydrogens (tertiary/aromatic N) is 1. The highest BCUT2D eigenvalue weighted by Gasteiger charge is 2.50. The second-order valence-corrected chi connectivity index (χ2v) is 12.0. The van der Waals surface area contributed by atoms with Crippen LogP contribution < -0.4 is 9.32 Å². The maximum atomic E-state index is 8.97. The molecule has 3 aliphatic carbocycles. The molecule has 3 aliphatic rings. The highest BCUT2D eigenvalue weighted by Crippen LogP contribution is 2.60. The standard InChI is InChI=1S/C18H25NOS.C10H23NOS/c1-18-9-2-3-17(18)16-6-4-12-11-13(20-21-19)5-7-14(12)15(16)8-10-18;1-3-5-7-9-11(13-12)10-8-6-4-2/h5,7,11,15-17H,2-4,6,8-10,19H2,1H3;12H,3-10H2,1-2H3. The minimum Gasteiger partial charge on any atom is -0.410 e. The zero-order valence-electron chi connectivity index (χ0n) is 21.8. The van der Waals surface area contributed by atoms with Crippen molar-refractivity contribution in [1.29, 1.82) is 0 Å². The smallest absolute Gasteiger partial charge is 0.140 e. The summed E-state index contributed by atoms with van der Waals surface area (Å²) in [7, 11) is 0. The van der Waals surface area contributed by atoms with Gasteiger partial charge < -0.3 is 8.74 Å². The maximum Gasteiger partial charge on any atom is 0.140 e. The quantitative estimate of drug-likeness (QED) is 0.177. The summed E-state index contributed by atoms with van der Waals surface area (Å²) in [6.07, 6.45) is 17.2. The third-order valence-electron chi connectivity index (χ3n) is 8.76. The molecule has 1 aromatic carbocycles. The molecule has 0 amide bonds. The zero-order chi connectivity index (χ0) is 24.4. The molecule has 0 saturated heterocycles. The van der Waals surface area contributed by atoms with Crippen LogP contribution in [0.5, 0.6) is 5.75 Å². The summed E-state index contributed by atoms with van der Waals surface area (Å²) in [6.45, 7) is 9.02. The van der Waals surface area contributed by atoms with E-state index >= 15 is 0 Å². The van der Waals surface area contributed by atoms with Crippen molar-refractivity contribution in [1.82, 2.24) is 4.31 Å². The molecule has 4 unspecified atom stereocenters. The maximum absolute atomic E-state index is 8.97. The average molecular weight is 509 g/mol. The van der Waals surface area contributed by atoms with E-state index in [1.807, 2.05) is 0 Å². The normalized spacial score (nSPS) is 27.4. The molecule has 34 heavy (non-hydrogen) atoms. The lowest BCUT2D eigenvalue weighted by molar-refractivity contribution is 0.0598. The summed E-state index contributed by atoms with van der Waals surface area (Å²) >= 11 is 1.84. The molecule has 2 fully saturated rings. The molecular formula is C28H48N2O2S2. The summed E-state index contributed by atoms with van der Waals surface area (Å²) in [5.41, 5.74) is 3.76. The Labute approximate surface area is 217 Å². The zero-order valence-corrected chi connectivity index (χ0v) is 23.4. The van der Waals surface area contributed by atoms with Gasteiger partial charge in [0.15, 0.2) is 0 Å². The van der Waals surface area contributed by atoms with Crippen molar-refractivity contribution in [3.05, 3.63) is 29.3 Å².